The second-order valence-electron chi connectivity index (χ2n) is 9.70. The molecule has 4 rings (SSSR count). The molecule has 1 unspecified atom stereocenters. The lowest BCUT2D eigenvalue weighted by molar-refractivity contribution is 0.0193. The first kappa shape index (κ1) is 28.6. The maximum Gasteiger partial charge on any atom is 0.338 e. The van der Waals surface area contributed by atoms with Crippen molar-refractivity contribution in [3.63, 3.8) is 0 Å². The molecule has 0 radical (unpaired) electrons. The van der Waals surface area contributed by atoms with E-state index in [0.29, 0.717) is 32.3 Å². The van der Waals surface area contributed by atoms with E-state index in [1.807, 2.05) is 6.92 Å². The highest BCUT2D eigenvalue weighted by atomic mass is 19.2. The minimum Gasteiger partial charge on any atom is -0.491 e. The smallest absolute Gasteiger partial charge is 0.338 e. The third-order valence-corrected chi connectivity index (χ3v) is 7.11. The van der Waals surface area contributed by atoms with Gasteiger partial charge in [0, 0.05) is 5.56 Å². The quantitative estimate of drug-likeness (QED) is 0.170. The van der Waals surface area contributed by atoms with Crippen LogP contribution in [0.4, 0.5) is 22.0 Å². The Morgan fingerprint density at radius 3 is 2.28 bits per heavy atom. The number of hydrogen-bond acceptors (Lipinski definition) is 4. The van der Waals surface area contributed by atoms with E-state index >= 15 is 0 Å². The van der Waals surface area contributed by atoms with Gasteiger partial charge < -0.3 is 14.2 Å². The van der Waals surface area contributed by atoms with Crippen molar-refractivity contribution < 1.29 is 41.0 Å². The van der Waals surface area contributed by atoms with Gasteiger partial charge in [-0.2, -0.15) is 8.78 Å². The fourth-order valence-electron chi connectivity index (χ4n) is 4.96. The molecule has 0 amide bonds. The van der Waals surface area contributed by atoms with Crippen LogP contribution in [0.1, 0.15) is 85.7 Å². The van der Waals surface area contributed by atoms with Crippen LogP contribution < -0.4 is 4.74 Å². The zero-order chi connectivity index (χ0) is 28.1. The molecular weight excluding hydrogens is 519 g/mol. The highest BCUT2D eigenvalue weighted by Crippen LogP contribution is 2.41. The highest BCUT2D eigenvalue weighted by molar-refractivity contribution is 5.89. The van der Waals surface area contributed by atoms with Crippen LogP contribution in [-0.2, 0) is 9.47 Å². The summed E-state index contributed by atoms with van der Waals surface area (Å²) in [5, 5.41) is 0. The van der Waals surface area contributed by atoms with Gasteiger partial charge in [0.2, 0.25) is 5.82 Å². The first-order chi connectivity index (χ1) is 18.7. The number of rotatable bonds is 10. The zero-order valence-corrected chi connectivity index (χ0v) is 21.9. The van der Waals surface area contributed by atoms with Crippen LogP contribution in [0, 0.1) is 17.5 Å². The molecule has 0 heterocycles. The normalized spacial score (nSPS) is 21.1. The lowest BCUT2D eigenvalue weighted by atomic mass is 9.82. The molecule has 210 valence electrons. The third kappa shape index (κ3) is 6.28. The summed E-state index contributed by atoms with van der Waals surface area (Å²) >= 11 is 0. The summed E-state index contributed by atoms with van der Waals surface area (Å²) in [6.07, 6.45) is 4.11. The Hall–Kier alpha value is -3.36. The number of hydrogen-bond donors (Lipinski definition) is 0. The molecule has 1 saturated carbocycles. The minimum atomic E-state index is -1.28. The summed E-state index contributed by atoms with van der Waals surface area (Å²) in [6.45, 7) is 4.03. The number of allylic oxidation sites excluding steroid dienone is 3. The number of carbonyl (C=O) groups excluding carboxylic acids is 1. The van der Waals surface area contributed by atoms with Gasteiger partial charge in [0.1, 0.15) is 11.9 Å². The predicted octanol–water partition coefficient (Wildman–Crippen LogP) is 8.33. The van der Waals surface area contributed by atoms with E-state index < -0.39 is 47.1 Å². The molecular formula is C30H31F5O4. The highest BCUT2D eigenvalue weighted by Gasteiger charge is 2.33. The summed E-state index contributed by atoms with van der Waals surface area (Å²) in [4.78, 5) is 12.7. The maximum absolute atomic E-state index is 14.8. The van der Waals surface area contributed by atoms with Gasteiger partial charge in [0.15, 0.2) is 29.0 Å². The zero-order valence-electron chi connectivity index (χ0n) is 21.9. The first-order valence-corrected chi connectivity index (χ1v) is 13.3. The van der Waals surface area contributed by atoms with Crippen molar-refractivity contribution in [3.8, 4) is 5.75 Å². The molecule has 0 aliphatic heterocycles. The Morgan fingerprint density at radius 2 is 1.62 bits per heavy atom. The Morgan fingerprint density at radius 1 is 0.897 bits per heavy atom. The Kier molecular flexibility index (Phi) is 9.30. The van der Waals surface area contributed by atoms with Gasteiger partial charge in [-0.15, -0.1) is 0 Å². The lowest BCUT2D eigenvalue weighted by Gasteiger charge is -2.29. The average Bonchev–Trinajstić information content (AvgIpc) is 3.20. The van der Waals surface area contributed by atoms with Gasteiger partial charge in [0.25, 0.3) is 0 Å². The maximum atomic E-state index is 14.8. The van der Waals surface area contributed by atoms with Crippen molar-refractivity contribution in [2.45, 2.75) is 70.3 Å². The molecule has 0 bridgehead atoms. The molecule has 39 heavy (non-hydrogen) atoms. The predicted molar refractivity (Wildman–Crippen MR) is 135 cm³/mol. The number of benzene rings is 2. The topological polar surface area (TPSA) is 44.8 Å². The van der Waals surface area contributed by atoms with Gasteiger partial charge >= 0.3 is 5.97 Å². The summed E-state index contributed by atoms with van der Waals surface area (Å²) in [5.41, 5.74) is 0.0661. The molecule has 0 N–H and O–H groups in total. The van der Waals surface area contributed by atoms with E-state index in [9.17, 15) is 26.7 Å². The molecule has 0 spiro atoms. The van der Waals surface area contributed by atoms with E-state index in [1.165, 1.54) is 18.2 Å². The molecule has 9 heteroatoms. The van der Waals surface area contributed by atoms with Crippen LogP contribution in [0.2, 0.25) is 0 Å². The fraction of sp³-hybridized carbons (Fsp3) is 0.433. The van der Waals surface area contributed by atoms with E-state index in [4.69, 9.17) is 14.2 Å². The Labute approximate surface area is 224 Å². The molecule has 1 atom stereocenters. The van der Waals surface area contributed by atoms with Crippen LogP contribution in [0.3, 0.4) is 0 Å². The van der Waals surface area contributed by atoms with Crippen LogP contribution >= 0.6 is 0 Å². The number of unbranched alkanes of at least 4 members (excludes halogenated alkanes) is 1. The monoisotopic (exact) mass is 550 g/mol. The van der Waals surface area contributed by atoms with Gasteiger partial charge in [-0.3, -0.25) is 0 Å². The minimum absolute atomic E-state index is 0.0676. The van der Waals surface area contributed by atoms with Crippen LogP contribution in [-0.4, -0.2) is 25.3 Å². The summed E-state index contributed by atoms with van der Waals surface area (Å²) in [7, 11) is 0. The molecule has 0 aromatic heterocycles. The van der Waals surface area contributed by atoms with Crippen LogP contribution in [0.5, 0.6) is 5.75 Å². The van der Waals surface area contributed by atoms with Crippen molar-refractivity contribution in [3.05, 3.63) is 88.0 Å². The first-order valence-electron chi connectivity index (χ1n) is 13.3. The second-order valence-corrected chi connectivity index (χ2v) is 9.70. The Balaban J connectivity index is 1.35. The molecule has 2 aromatic rings. The number of carbonyl (C=O) groups is 1. The molecule has 0 saturated heterocycles. The van der Waals surface area contributed by atoms with Gasteiger partial charge in [-0.1, -0.05) is 25.5 Å². The summed E-state index contributed by atoms with van der Waals surface area (Å²) in [5.74, 6) is -7.78. The molecule has 2 aromatic carbocycles. The van der Waals surface area contributed by atoms with Crippen LogP contribution in [0.25, 0.3) is 0 Å². The molecule has 1 fully saturated rings. The molecule has 2 aliphatic rings. The van der Waals surface area contributed by atoms with Crippen molar-refractivity contribution in [2.24, 2.45) is 0 Å². The largest absolute Gasteiger partial charge is 0.491 e. The second kappa shape index (κ2) is 12.7. The fourth-order valence-corrected chi connectivity index (χ4v) is 4.96. The third-order valence-electron chi connectivity index (χ3n) is 7.11. The number of halogens is 5. The van der Waals surface area contributed by atoms with Crippen molar-refractivity contribution in [2.75, 3.05) is 13.2 Å². The summed E-state index contributed by atoms with van der Waals surface area (Å²) in [6, 6.07) is 6.44. The average molecular weight is 551 g/mol. The van der Waals surface area contributed by atoms with Crippen molar-refractivity contribution in [1.29, 1.82) is 0 Å². The SMILES string of the molecule is CCCCOc1ccc(C2CCC(OC(=O)c3ccc(C4C=C(OCC)C(F)=C4F)c(F)c3)CC2)c(F)c1F. The van der Waals surface area contributed by atoms with E-state index in [2.05, 4.69) is 0 Å². The number of ether oxygens (including phenoxy) is 3. The van der Waals surface area contributed by atoms with E-state index in [1.54, 1.807) is 13.0 Å². The number of esters is 1. The van der Waals surface area contributed by atoms with E-state index in [0.717, 1.165) is 25.0 Å². The Bertz CT molecular complexity index is 1260. The molecule has 2 aliphatic carbocycles. The van der Waals surface area contributed by atoms with Crippen molar-refractivity contribution >= 4 is 5.97 Å². The van der Waals surface area contributed by atoms with Crippen LogP contribution in [0.15, 0.2) is 53.8 Å². The molecule has 4 nitrogen and oxygen atoms in total. The van der Waals surface area contributed by atoms with Crippen molar-refractivity contribution in [1.82, 2.24) is 0 Å². The van der Waals surface area contributed by atoms with Gasteiger partial charge in [-0.05, 0) is 74.8 Å². The van der Waals surface area contributed by atoms with Gasteiger partial charge in [-0.25, -0.2) is 18.0 Å². The summed E-state index contributed by atoms with van der Waals surface area (Å²) < 4.78 is 88.3. The lowest BCUT2D eigenvalue weighted by Crippen LogP contribution is -2.24. The van der Waals surface area contributed by atoms with E-state index in [-0.39, 0.29) is 40.7 Å². The standard InChI is InChI=1S/C30H31F5O4/c1-3-5-14-38-24-13-12-20(26(32)28(24)34)17-6-9-19(10-7-17)39-30(36)18-8-11-21(23(31)15-18)22-16-25(37-4-2)29(35)27(22)33/h8,11-13,15-17,19,22H,3-7,9-10,14H2,1-2H3. The van der Waals surface area contributed by atoms with Gasteiger partial charge in [0.05, 0.1) is 24.7 Å².